The van der Waals surface area contributed by atoms with Crippen LogP contribution >= 0.6 is 15.9 Å². The van der Waals surface area contributed by atoms with E-state index in [0.717, 1.165) is 22.5 Å². The van der Waals surface area contributed by atoms with Crippen LogP contribution in [-0.2, 0) is 6.54 Å². The van der Waals surface area contributed by atoms with Gasteiger partial charge in [-0.3, -0.25) is 0 Å². The summed E-state index contributed by atoms with van der Waals surface area (Å²) in [5.74, 6) is 0.286. The highest BCUT2D eigenvalue weighted by atomic mass is 79.9. The van der Waals surface area contributed by atoms with Crippen molar-refractivity contribution in [1.82, 2.24) is 9.97 Å². The van der Waals surface area contributed by atoms with E-state index in [9.17, 15) is 4.39 Å². The molecule has 0 atom stereocenters. The average Bonchev–Trinajstić information content (AvgIpc) is 2.32. The molecule has 0 fully saturated rings. The summed E-state index contributed by atoms with van der Waals surface area (Å²) in [6, 6.07) is 4.73. The van der Waals surface area contributed by atoms with Crippen LogP contribution in [0.1, 0.15) is 17.0 Å². The highest BCUT2D eigenvalue weighted by molar-refractivity contribution is 9.10. The molecule has 0 bridgehead atoms. The van der Waals surface area contributed by atoms with Crippen molar-refractivity contribution < 1.29 is 4.39 Å². The first-order chi connectivity index (χ1) is 8.52. The molecule has 1 aromatic carbocycles. The second kappa shape index (κ2) is 5.12. The van der Waals surface area contributed by atoms with Gasteiger partial charge in [-0.15, -0.1) is 0 Å². The van der Waals surface area contributed by atoms with Crippen LogP contribution in [0, 0.1) is 19.7 Å². The molecule has 0 saturated heterocycles. The van der Waals surface area contributed by atoms with Gasteiger partial charge >= 0.3 is 0 Å². The maximum Gasteiger partial charge on any atom is 0.159 e. The van der Waals surface area contributed by atoms with Gasteiger partial charge in [0.05, 0.1) is 4.47 Å². The van der Waals surface area contributed by atoms with Crippen molar-refractivity contribution in [2.75, 3.05) is 0 Å². The molecule has 2 rings (SSSR count). The molecular weight excluding hydrogens is 297 g/mol. The SMILES string of the molecule is Cc1nc(-c2ccc(F)c(Br)c2)nc(C)c1CN. The van der Waals surface area contributed by atoms with Crippen molar-refractivity contribution in [2.45, 2.75) is 20.4 Å². The smallest absolute Gasteiger partial charge is 0.159 e. The number of nitrogens with zero attached hydrogens (tertiary/aromatic N) is 2. The topological polar surface area (TPSA) is 51.8 Å². The Kier molecular flexibility index (Phi) is 3.73. The minimum atomic E-state index is -0.300. The second-order valence-electron chi connectivity index (χ2n) is 4.03. The molecule has 0 aliphatic carbocycles. The number of hydrogen-bond donors (Lipinski definition) is 1. The number of nitrogens with two attached hydrogens (primary N) is 1. The zero-order chi connectivity index (χ0) is 13.3. The van der Waals surface area contributed by atoms with Crippen molar-refractivity contribution in [3.8, 4) is 11.4 Å². The monoisotopic (exact) mass is 309 g/mol. The summed E-state index contributed by atoms with van der Waals surface area (Å²) in [6.07, 6.45) is 0. The molecule has 0 aliphatic heterocycles. The lowest BCUT2D eigenvalue weighted by atomic mass is 10.1. The summed E-state index contributed by atoms with van der Waals surface area (Å²) in [5.41, 5.74) is 9.10. The fourth-order valence-corrected chi connectivity index (χ4v) is 2.18. The first-order valence-corrected chi connectivity index (χ1v) is 6.32. The van der Waals surface area contributed by atoms with E-state index in [2.05, 4.69) is 25.9 Å². The molecule has 0 amide bonds. The average molecular weight is 310 g/mol. The summed E-state index contributed by atoms with van der Waals surface area (Å²) in [7, 11) is 0. The van der Waals surface area contributed by atoms with E-state index in [-0.39, 0.29) is 5.82 Å². The van der Waals surface area contributed by atoms with Gasteiger partial charge in [-0.1, -0.05) is 0 Å². The molecule has 0 spiro atoms. The highest BCUT2D eigenvalue weighted by Crippen LogP contribution is 2.24. The predicted octanol–water partition coefficient (Wildman–Crippen LogP) is 3.12. The third-order valence-corrected chi connectivity index (χ3v) is 3.41. The largest absolute Gasteiger partial charge is 0.326 e. The fraction of sp³-hybridized carbons (Fsp3) is 0.231. The van der Waals surface area contributed by atoms with Crippen LogP contribution in [0.3, 0.4) is 0 Å². The van der Waals surface area contributed by atoms with Crippen LogP contribution in [0.25, 0.3) is 11.4 Å². The summed E-state index contributed by atoms with van der Waals surface area (Å²) in [4.78, 5) is 8.82. The van der Waals surface area contributed by atoms with Crippen molar-refractivity contribution in [1.29, 1.82) is 0 Å². The van der Waals surface area contributed by atoms with Crippen molar-refractivity contribution in [3.05, 3.63) is 45.4 Å². The molecule has 3 nitrogen and oxygen atoms in total. The van der Waals surface area contributed by atoms with Gasteiger partial charge in [-0.2, -0.15) is 0 Å². The van der Waals surface area contributed by atoms with Gasteiger partial charge in [0, 0.05) is 29.1 Å². The van der Waals surface area contributed by atoms with E-state index in [1.54, 1.807) is 12.1 Å². The van der Waals surface area contributed by atoms with E-state index >= 15 is 0 Å². The van der Waals surface area contributed by atoms with Gasteiger partial charge in [0.25, 0.3) is 0 Å². The maximum absolute atomic E-state index is 13.2. The first kappa shape index (κ1) is 13.1. The fourth-order valence-electron chi connectivity index (χ4n) is 1.80. The Hall–Kier alpha value is -1.33. The lowest BCUT2D eigenvalue weighted by Gasteiger charge is -2.09. The second-order valence-corrected chi connectivity index (χ2v) is 4.88. The van der Waals surface area contributed by atoms with Crippen molar-refractivity contribution >= 4 is 15.9 Å². The minimum absolute atomic E-state index is 0.300. The Morgan fingerprint density at radius 3 is 2.33 bits per heavy atom. The Morgan fingerprint density at radius 1 is 1.22 bits per heavy atom. The lowest BCUT2D eigenvalue weighted by molar-refractivity contribution is 0.621. The summed E-state index contributed by atoms with van der Waals surface area (Å²) in [6.45, 7) is 4.23. The highest BCUT2D eigenvalue weighted by Gasteiger charge is 2.10. The van der Waals surface area contributed by atoms with Crippen LogP contribution in [0.2, 0.25) is 0 Å². The van der Waals surface area contributed by atoms with Gasteiger partial charge in [0.2, 0.25) is 0 Å². The molecule has 0 radical (unpaired) electrons. The summed E-state index contributed by atoms with van der Waals surface area (Å²) in [5, 5.41) is 0. The van der Waals surface area contributed by atoms with Gasteiger partial charge < -0.3 is 5.73 Å². The Morgan fingerprint density at radius 2 is 1.83 bits per heavy atom. The van der Waals surface area contributed by atoms with Crippen LogP contribution in [0.5, 0.6) is 0 Å². The lowest BCUT2D eigenvalue weighted by Crippen LogP contribution is -2.07. The third kappa shape index (κ3) is 2.42. The van der Waals surface area contributed by atoms with Crippen molar-refractivity contribution in [3.63, 3.8) is 0 Å². The molecule has 5 heteroatoms. The molecule has 18 heavy (non-hydrogen) atoms. The van der Waals surface area contributed by atoms with E-state index < -0.39 is 0 Å². The molecule has 2 aromatic rings. The van der Waals surface area contributed by atoms with Crippen LogP contribution in [0.4, 0.5) is 4.39 Å². The number of aromatic nitrogens is 2. The number of rotatable bonds is 2. The number of halogens is 2. The molecule has 94 valence electrons. The standard InChI is InChI=1S/C13H13BrFN3/c1-7-10(6-16)8(2)18-13(17-7)9-3-4-12(15)11(14)5-9/h3-5H,6,16H2,1-2H3. The van der Waals surface area contributed by atoms with E-state index in [1.807, 2.05) is 13.8 Å². The number of hydrogen-bond acceptors (Lipinski definition) is 3. The Balaban J connectivity index is 2.54. The first-order valence-electron chi connectivity index (χ1n) is 5.52. The maximum atomic E-state index is 13.2. The van der Waals surface area contributed by atoms with E-state index in [4.69, 9.17) is 5.73 Å². The Bertz CT molecular complexity index is 576. The molecule has 2 N–H and O–H groups in total. The minimum Gasteiger partial charge on any atom is -0.326 e. The predicted molar refractivity (Wildman–Crippen MR) is 72.5 cm³/mol. The zero-order valence-corrected chi connectivity index (χ0v) is 11.8. The molecule has 0 saturated carbocycles. The molecule has 1 aromatic heterocycles. The normalized spacial score (nSPS) is 10.7. The zero-order valence-electron chi connectivity index (χ0n) is 10.2. The Labute approximate surface area is 113 Å². The molecular formula is C13H13BrFN3. The molecule has 1 heterocycles. The quantitative estimate of drug-likeness (QED) is 0.927. The molecule has 0 aliphatic rings. The van der Waals surface area contributed by atoms with E-state index in [1.165, 1.54) is 6.07 Å². The number of aryl methyl sites for hydroxylation is 2. The van der Waals surface area contributed by atoms with Gasteiger partial charge in [-0.25, -0.2) is 14.4 Å². The van der Waals surface area contributed by atoms with Crippen LogP contribution in [0.15, 0.2) is 22.7 Å². The van der Waals surface area contributed by atoms with Crippen LogP contribution in [-0.4, -0.2) is 9.97 Å². The molecule has 0 unspecified atom stereocenters. The van der Waals surface area contributed by atoms with E-state index in [0.29, 0.717) is 16.8 Å². The third-order valence-electron chi connectivity index (χ3n) is 2.80. The number of benzene rings is 1. The summed E-state index contributed by atoms with van der Waals surface area (Å²) < 4.78 is 13.6. The van der Waals surface area contributed by atoms with Gasteiger partial charge in [0.1, 0.15) is 5.82 Å². The van der Waals surface area contributed by atoms with Gasteiger partial charge in [0.15, 0.2) is 5.82 Å². The van der Waals surface area contributed by atoms with Crippen LogP contribution < -0.4 is 5.73 Å². The van der Waals surface area contributed by atoms with Crippen molar-refractivity contribution in [2.24, 2.45) is 5.73 Å². The van der Waals surface area contributed by atoms with Gasteiger partial charge in [-0.05, 0) is 48.0 Å². The summed E-state index contributed by atoms with van der Waals surface area (Å²) >= 11 is 3.16.